The maximum atomic E-state index is 11.9. The molecule has 0 atom stereocenters. The summed E-state index contributed by atoms with van der Waals surface area (Å²) in [5.74, 6) is -2.09. The quantitative estimate of drug-likeness (QED) is 0.807. The van der Waals surface area contributed by atoms with Crippen molar-refractivity contribution < 1.29 is 27.9 Å². The standard InChI is InChI=1S/C12H12F3NO3/c13-12(14,15)6-5-10(18)11(19)16-7-8-1-3-9(17)4-2-8/h1-4,17H,5-7H2,(H,16,19). The van der Waals surface area contributed by atoms with E-state index in [1.165, 1.54) is 24.3 Å². The Hall–Kier alpha value is -2.05. The van der Waals surface area contributed by atoms with Crippen LogP contribution in [0.4, 0.5) is 13.2 Å². The normalized spacial score (nSPS) is 11.1. The number of aromatic hydroxyl groups is 1. The van der Waals surface area contributed by atoms with Gasteiger partial charge in [-0.05, 0) is 17.7 Å². The molecule has 0 spiro atoms. The molecule has 0 aromatic heterocycles. The predicted molar refractivity (Wildman–Crippen MR) is 60.2 cm³/mol. The molecular weight excluding hydrogens is 263 g/mol. The van der Waals surface area contributed by atoms with E-state index >= 15 is 0 Å². The number of hydrogen-bond donors (Lipinski definition) is 2. The lowest BCUT2D eigenvalue weighted by atomic mass is 10.2. The minimum atomic E-state index is -4.45. The summed E-state index contributed by atoms with van der Waals surface area (Å²) in [4.78, 5) is 22.3. The smallest absolute Gasteiger partial charge is 0.389 e. The monoisotopic (exact) mass is 275 g/mol. The Labute approximate surface area is 107 Å². The van der Waals surface area contributed by atoms with Crippen LogP contribution in [0.3, 0.4) is 0 Å². The highest BCUT2D eigenvalue weighted by atomic mass is 19.4. The molecule has 1 aromatic carbocycles. The molecule has 1 rings (SSSR count). The third-order valence-corrected chi connectivity index (χ3v) is 2.28. The molecule has 0 unspecified atom stereocenters. The summed E-state index contributed by atoms with van der Waals surface area (Å²) in [6.45, 7) is 0.0108. The summed E-state index contributed by atoms with van der Waals surface area (Å²) in [5.41, 5.74) is 0.620. The van der Waals surface area contributed by atoms with Crippen molar-refractivity contribution in [2.24, 2.45) is 0 Å². The second-order valence-corrected chi connectivity index (χ2v) is 3.89. The molecule has 19 heavy (non-hydrogen) atoms. The Morgan fingerprint density at radius 1 is 1.16 bits per heavy atom. The van der Waals surface area contributed by atoms with Crippen LogP contribution in [0.25, 0.3) is 0 Å². The molecule has 4 nitrogen and oxygen atoms in total. The number of benzene rings is 1. The summed E-state index contributed by atoms with van der Waals surface area (Å²) >= 11 is 0. The average Bonchev–Trinajstić information content (AvgIpc) is 2.34. The molecule has 0 aliphatic carbocycles. The van der Waals surface area contributed by atoms with E-state index < -0.39 is 30.7 Å². The topological polar surface area (TPSA) is 66.4 Å². The number of nitrogens with one attached hydrogen (secondary N) is 1. The van der Waals surface area contributed by atoms with Gasteiger partial charge in [0, 0.05) is 13.0 Å². The largest absolute Gasteiger partial charge is 0.508 e. The van der Waals surface area contributed by atoms with Gasteiger partial charge in [0.15, 0.2) is 0 Å². The number of rotatable bonds is 5. The molecule has 0 heterocycles. The molecular formula is C12H12F3NO3. The van der Waals surface area contributed by atoms with Gasteiger partial charge in [0.1, 0.15) is 5.75 Å². The Morgan fingerprint density at radius 2 is 1.74 bits per heavy atom. The molecule has 1 amide bonds. The number of phenolic OH excluding ortho intramolecular Hbond substituents is 1. The fourth-order valence-electron chi connectivity index (χ4n) is 1.26. The lowest BCUT2D eigenvalue weighted by Gasteiger charge is -2.06. The Kier molecular flexibility index (Phi) is 4.91. The van der Waals surface area contributed by atoms with Crippen molar-refractivity contribution in [3.8, 4) is 5.75 Å². The molecule has 104 valence electrons. The van der Waals surface area contributed by atoms with E-state index in [9.17, 15) is 22.8 Å². The van der Waals surface area contributed by atoms with Gasteiger partial charge in [-0.3, -0.25) is 9.59 Å². The van der Waals surface area contributed by atoms with E-state index in [0.717, 1.165) is 0 Å². The third-order valence-electron chi connectivity index (χ3n) is 2.28. The van der Waals surface area contributed by atoms with Crippen LogP contribution in [0.15, 0.2) is 24.3 Å². The van der Waals surface area contributed by atoms with Crippen LogP contribution in [0.1, 0.15) is 18.4 Å². The third kappa shape index (κ3) is 5.89. The minimum Gasteiger partial charge on any atom is -0.508 e. The Bertz CT molecular complexity index is 454. The second-order valence-electron chi connectivity index (χ2n) is 3.89. The van der Waals surface area contributed by atoms with Crippen LogP contribution in [-0.2, 0) is 16.1 Å². The summed E-state index contributed by atoms with van der Waals surface area (Å²) in [6, 6.07) is 5.84. The summed E-state index contributed by atoms with van der Waals surface area (Å²) in [5, 5.41) is 11.2. The molecule has 0 saturated carbocycles. The van der Waals surface area contributed by atoms with Crippen LogP contribution in [0.2, 0.25) is 0 Å². The minimum absolute atomic E-state index is 0.0108. The van der Waals surface area contributed by atoms with Crippen LogP contribution >= 0.6 is 0 Å². The Morgan fingerprint density at radius 3 is 2.26 bits per heavy atom. The SMILES string of the molecule is O=C(CCC(F)(F)F)C(=O)NCc1ccc(O)cc1. The average molecular weight is 275 g/mol. The number of amides is 1. The first-order chi connectivity index (χ1) is 8.78. The lowest BCUT2D eigenvalue weighted by molar-refractivity contribution is -0.148. The summed E-state index contributed by atoms with van der Waals surface area (Å²) in [6.07, 6.45) is -6.61. The van der Waals surface area contributed by atoms with Gasteiger partial charge >= 0.3 is 6.18 Å². The van der Waals surface area contributed by atoms with Crippen molar-refractivity contribution in [3.63, 3.8) is 0 Å². The first-order valence-electron chi connectivity index (χ1n) is 5.43. The molecule has 7 heteroatoms. The van der Waals surface area contributed by atoms with Gasteiger partial charge in [-0.2, -0.15) is 13.2 Å². The van der Waals surface area contributed by atoms with Crippen molar-refractivity contribution in [3.05, 3.63) is 29.8 Å². The lowest BCUT2D eigenvalue weighted by Crippen LogP contribution is -2.31. The maximum absolute atomic E-state index is 11.9. The number of halogens is 3. The maximum Gasteiger partial charge on any atom is 0.389 e. The zero-order valence-electron chi connectivity index (χ0n) is 9.83. The van der Waals surface area contributed by atoms with Gasteiger partial charge in [0.2, 0.25) is 5.78 Å². The van der Waals surface area contributed by atoms with E-state index in [1.54, 1.807) is 0 Å². The van der Waals surface area contributed by atoms with Crippen LogP contribution in [0, 0.1) is 0 Å². The van der Waals surface area contributed by atoms with Crippen molar-refractivity contribution in [2.45, 2.75) is 25.6 Å². The van der Waals surface area contributed by atoms with Gasteiger partial charge in [0.05, 0.1) is 6.42 Å². The number of alkyl halides is 3. The van der Waals surface area contributed by atoms with Crippen molar-refractivity contribution in [1.82, 2.24) is 5.32 Å². The first-order valence-corrected chi connectivity index (χ1v) is 5.43. The summed E-state index contributed by atoms with van der Waals surface area (Å²) in [7, 11) is 0. The van der Waals surface area contributed by atoms with Crippen molar-refractivity contribution >= 4 is 11.7 Å². The number of carbonyl (C=O) groups is 2. The van der Waals surface area contributed by atoms with Gasteiger partial charge in [-0.25, -0.2) is 0 Å². The number of carbonyl (C=O) groups excluding carboxylic acids is 2. The predicted octanol–water partition coefficient (Wildman–Crippen LogP) is 1.92. The van der Waals surface area contributed by atoms with Crippen molar-refractivity contribution in [2.75, 3.05) is 0 Å². The van der Waals surface area contributed by atoms with Gasteiger partial charge in [-0.1, -0.05) is 12.1 Å². The molecule has 2 N–H and O–H groups in total. The molecule has 0 bridgehead atoms. The number of phenols is 1. The van der Waals surface area contributed by atoms with E-state index in [0.29, 0.717) is 5.56 Å². The molecule has 0 fully saturated rings. The van der Waals surface area contributed by atoms with E-state index in [4.69, 9.17) is 5.11 Å². The molecule has 0 aliphatic heterocycles. The van der Waals surface area contributed by atoms with E-state index in [-0.39, 0.29) is 12.3 Å². The zero-order chi connectivity index (χ0) is 14.5. The zero-order valence-corrected chi connectivity index (χ0v) is 9.83. The summed E-state index contributed by atoms with van der Waals surface area (Å²) < 4.78 is 35.6. The highest BCUT2D eigenvalue weighted by Crippen LogP contribution is 2.21. The molecule has 1 aromatic rings. The van der Waals surface area contributed by atoms with Gasteiger partial charge in [-0.15, -0.1) is 0 Å². The number of ketones is 1. The Balaban J connectivity index is 2.38. The molecule has 0 aliphatic rings. The molecule has 0 radical (unpaired) electrons. The number of hydrogen-bond acceptors (Lipinski definition) is 3. The van der Waals surface area contributed by atoms with Crippen molar-refractivity contribution in [1.29, 1.82) is 0 Å². The first kappa shape index (κ1) is 15.0. The molecule has 0 saturated heterocycles. The fourth-order valence-corrected chi connectivity index (χ4v) is 1.26. The second kappa shape index (κ2) is 6.21. The number of Topliss-reactive ketones (excluding diaryl/α,β-unsaturated/α-hetero) is 1. The van der Waals surface area contributed by atoms with Gasteiger partial charge < -0.3 is 10.4 Å². The van der Waals surface area contributed by atoms with Gasteiger partial charge in [0.25, 0.3) is 5.91 Å². The van der Waals surface area contributed by atoms with Crippen LogP contribution in [-0.4, -0.2) is 23.0 Å². The van der Waals surface area contributed by atoms with Crippen LogP contribution < -0.4 is 5.32 Å². The highest BCUT2D eigenvalue weighted by molar-refractivity contribution is 6.36. The van der Waals surface area contributed by atoms with E-state index in [1.807, 2.05) is 0 Å². The van der Waals surface area contributed by atoms with Crippen LogP contribution in [0.5, 0.6) is 5.75 Å². The highest BCUT2D eigenvalue weighted by Gasteiger charge is 2.29. The fraction of sp³-hybridized carbons (Fsp3) is 0.333. The van der Waals surface area contributed by atoms with E-state index in [2.05, 4.69) is 5.32 Å².